The molecule has 1 aliphatic carbocycles. The SMILES string of the molecule is Cc1cccc[n+]1[C@@H]1[C@@H](c2ccc(Br)cc2)C(C#N)=C(C(=C=N)C#N)N[C@]1(O)C1CC1. The first-order valence-corrected chi connectivity index (χ1v) is 10.8. The molecule has 2 heterocycles. The second kappa shape index (κ2) is 8.13. The van der Waals surface area contributed by atoms with Crippen molar-refractivity contribution in [2.45, 2.75) is 37.5 Å². The van der Waals surface area contributed by atoms with Crippen molar-refractivity contribution in [1.29, 1.82) is 15.9 Å². The van der Waals surface area contributed by atoms with Crippen LogP contribution >= 0.6 is 15.9 Å². The fourth-order valence-corrected chi connectivity index (χ4v) is 4.75. The van der Waals surface area contributed by atoms with E-state index in [2.05, 4.69) is 33.2 Å². The van der Waals surface area contributed by atoms with Crippen molar-refractivity contribution in [1.82, 2.24) is 5.32 Å². The Labute approximate surface area is 189 Å². The van der Waals surface area contributed by atoms with Crippen LogP contribution in [0, 0.1) is 40.9 Å². The van der Waals surface area contributed by atoms with E-state index in [0.717, 1.165) is 28.6 Å². The number of nitriles is 2. The summed E-state index contributed by atoms with van der Waals surface area (Å²) in [6.07, 6.45) is 3.59. The van der Waals surface area contributed by atoms with Gasteiger partial charge in [0.2, 0.25) is 11.8 Å². The first-order chi connectivity index (χ1) is 14.9. The Morgan fingerprint density at radius 2 is 1.94 bits per heavy atom. The number of halogens is 1. The fraction of sp³-hybridized carbons (Fsp3) is 0.292. The number of hydrogen-bond acceptors (Lipinski definition) is 5. The quantitative estimate of drug-likeness (QED) is 0.357. The van der Waals surface area contributed by atoms with Crippen LogP contribution in [-0.4, -0.2) is 16.7 Å². The third-order valence-electron chi connectivity index (χ3n) is 6.11. The van der Waals surface area contributed by atoms with Crippen molar-refractivity contribution in [2.75, 3.05) is 0 Å². The minimum atomic E-state index is -1.40. The van der Waals surface area contributed by atoms with Gasteiger partial charge >= 0.3 is 0 Å². The van der Waals surface area contributed by atoms with Crippen LogP contribution in [-0.2, 0) is 0 Å². The lowest BCUT2D eigenvalue weighted by Crippen LogP contribution is -2.66. The van der Waals surface area contributed by atoms with E-state index < -0.39 is 17.7 Å². The maximum absolute atomic E-state index is 12.1. The van der Waals surface area contributed by atoms with Gasteiger partial charge in [-0.2, -0.15) is 15.1 Å². The van der Waals surface area contributed by atoms with Crippen LogP contribution in [0.5, 0.6) is 0 Å². The zero-order valence-electron chi connectivity index (χ0n) is 16.9. The van der Waals surface area contributed by atoms with Crippen LogP contribution < -0.4 is 9.88 Å². The second-order valence-corrected chi connectivity index (χ2v) is 8.88. The van der Waals surface area contributed by atoms with Gasteiger partial charge in [-0.3, -0.25) is 5.41 Å². The fourth-order valence-electron chi connectivity index (χ4n) is 4.49. The van der Waals surface area contributed by atoms with Gasteiger partial charge in [0.1, 0.15) is 11.6 Å². The van der Waals surface area contributed by atoms with Gasteiger partial charge in [0, 0.05) is 29.4 Å². The smallest absolute Gasteiger partial charge is 0.217 e. The Morgan fingerprint density at radius 1 is 1.23 bits per heavy atom. The Bertz CT molecular complexity index is 1200. The van der Waals surface area contributed by atoms with Gasteiger partial charge in [0.05, 0.1) is 23.3 Å². The van der Waals surface area contributed by atoms with Crippen molar-refractivity contribution in [2.24, 2.45) is 5.92 Å². The van der Waals surface area contributed by atoms with Crippen LogP contribution in [0.3, 0.4) is 0 Å². The summed E-state index contributed by atoms with van der Waals surface area (Å²) in [4.78, 5) is 0. The molecule has 31 heavy (non-hydrogen) atoms. The number of benzene rings is 1. The standard InChI is InChI=1S/C24H21BrN5O/c1-15-4-2-3-11-30(15)23-21(16-5-9-19(25)10-6-16)20(14-28)22(17(12-26)13-27)29-24(23,31)18-7-8-18/h2-6,9-11,18,21,23,26,29,31H,7-8H2,1H3/q+1/t21-,23+,24-/m0/s1. The van der Waals surface area contributed by atoms with E-state index in [1.807, 2.05) is 66.2 Å². The Hall–Kier alpha value is -3.22. The van der Waals surface area contributed by atoms with Crippen molar-refractivity contribution < 1.29 is 9.67 Å². The lowest BCUT2D eigenvalue weighted by molar-refractivity contribution is -0.747. The maximum Gasteiger partial charge on any atom is 0.217 e. The molecule has 0 spiro atoms. The van der Waals surface area contributed by atoms with Gasteiger partial charge in [-0.15, -0.1) is 0 Å². The molecule has 4 rings (SSSR count). The lowest BCUT2D eigenvalue weighted by Gasteiger charge is -2.43. The molecule has 2 aromatic rings. The summed E-state index contributed by atoms with van der Waals surface area (Å²) in [5.74, 6) is 1.57. The van der Waals surface area contributed by atoms with E-state index in [0.29, 0.717) is 5.57 Å². The van der Waals surface area contributed by atoms with Gasteiger partial charge < -0.3 is 10.4 Å². The molecule has 0 bridgehead atoms. The predicted octanol–water partition coefficient (Wildman–Crippen LogP) is 3.55. The molecule has 0 radical (unpaired) electrons. The number of pyridine rings is 1. The summed E-state index contributed by atoms with van der Waals surface area (Å²) in [6.45, 7) is 1.97. The van der Waals surface area contributed by atoms with E-state index in [1.165, 1.54) is 0 Å². The van der Waals surface area contributed by atoms with Crippen LogP contribution in [0.25, 0.3) is 0 Å². The van der Waals surface area contributed by atoms with Gasteiger partial charge in [-0.1, -0.05) is 34.1 Å². The molecule has 1 aromatic heterocycles. The zero-order valence-corrected chi connectivity index (χ0v) is 18.5. The summed E-state index contributed by atoms with van der Waals surface area (Å²) in [5, 5.41) is 42.5. The summed E-state index contributed by atoms with van der Waals surface area (Å²) < 4.78 is 2.91. The molecular formula is C24H21BrN5O+. The van der Waals surface area contributed by atoms with Gasteiger partial charge in [0.25, 0.3) is 0 Å². The van der Waals surface area contributed by atoms with Crippen molar-refractivity contribution >= 4 is 21.8 Å². The van der Waals surface area contributed by atoms with E-state index in [9.17, 15) is 15.6 Å². The normalized spacial score (nSPS) is 25.1. The number of aliphatic hydroxyl groups is 1. The molecule has 1 aliphatic heterocycles. The number of allylic oxidation sites excluding steroid dienone is 2. The number of nitrogens with zero attached hydrogens (tertiary/aromatic N) is 3. The maximum atomic E-state index is 12.1. The first kappa shape index (κ1) is 21.0. The van der Waals surface area contributed by atoms with Gasteiger partial charge in [-0.25, -0.2) is 0 Å². The molecular weight excluding hydrogens is 454 g/mol. The Morgan fingerprint density at radius 3 is 2.48 bits per heavy atom. The molecule has 2 aliphatic rings. The number of nitrogens with one attached hydrogen (secondary N) is 2. The van der Waals surface area contributed by atoms with Crippen molar-refractivity contribution in [3.8, 4) is 12.1 Å². The predicted molar refractivity (Wildman–Crippen MR) is 118 cm³/mol. The summed E-state index contributed by atoms with van der Waals surface area (Å²) in [7, 11) is 0. The molecule has 1 fully saturated rings. The van der Waals surface area contributed by atoms with Crippen LogP contribution in [0.4, 0.5) is 0 Å². The van der Waals surface area contributed by atoms with E-state index in [4.69, 9.17) is 5.41 Å². The highest BCUT2D eigenvalue weighted by Gasteiger charge is 2.61. The monoisotopic (exact) mass is 474 g/mol. The van der Waals surface area contributed by atoms with Crippen LogP contribution in [0.1, 0.15) is 36.1 Å². The third kappa shape index (κ3) is 3.58. The Balaban J connectivity index is 2.06. The number of aryl methyl sites for hydroxylation is 1. The molecule has 0 amide bonds. The molecule has 6 nitrogen and oxygen atoms in total. The summed E-state index contributed by atoms with van der Waals surface area (Å²) in [6, 6.07) is 17.2. The van der Waals surface area contributed by atoms with Crippen LogP contribution in [0.2, 0.25) is 0 Å². The highest BCUT2D eigenvalue weighted by Crippen LogP contribution is 2.52. The highest BCUT2D eigenvalue weighted by atomic mass is 79.9. The van der Waals surface area contributed by atoms with Crippen LogP contribution in [0.15, 0.2) is 70.0 Å². The van der Waals surface area contributed by atoms with E-state index in [-0.39, 0.29) is 17.2 Å². The third-order valence-corrected chi connectivity index (χ3v) is 6.64. The lowest BCUT2D eigenvalue weighted by atomic mass is 9.73. The molecule has 0 unspecified atom stereocenters. The second-order valence-electron chi connectivity index (χ2n) is 7.96. The summed E-state index contributed by atoms with van der Waals surface area (Å²) in [5.41, 5.74) is 0.798. The van der Waals surface area contributed by atoms with Gasteiger partial charge in [0.15, 0.2) is 11.9 Å². The largest absolute Gasteiger partial charge is 0.365 e. The number of rotatable bonds is 4. The average Bonchev–Trinajstić information content (AvgIpc) is 3.62. The highest BCUT2D eigenvalue weighted by molar-refractivity contribution is 9.10. The van der Waals surface area contributed by atoms with Crippen molar-refractivity contribution in [3.05, 3.63) is 81.2 Å². The first-order valence-electron chi connectivity index (χ1n) is 10.0. The summed E-state index contributed by atoms with van der Waals surface area (Å²) >= 11 is 3.46. The zero-order chi connectivity index (χ0) is 22.2. The topological polar surface area (TPSA) is 108 Å². The molecule has 1 aromatic carbocycles. The minimum Gasteiger partial charge on any atom is -0.365 e. The van der Waals surface area contributed by atoms with E-state index in [1.54, 1.807) is 0 Å². The molecule has 3 N–H and O–H groups in total. The average molecular weight is 475 g/mol. The molecule has 3 atom stereocenters. The van der Waals surface area contributed by atoms with Crippen molar-refractivity contribution in [3.63, 3.8) is 0 Å². The van der Waals surface area contributed by atoms with E-state index >= 15 is 0 Å². The number of aromatic nitrogens is 1. The molecule has 1 saturated carbocycles. The minimum absolute atomic E-state index is 0.0385. The van der Waals surface area contributed by atoms with Gasteiger partial charge in [-0.05, 0) is 36.4 Å². The molecule has 7 heteroatoms. The molecule has 154 valence electrons. The number of hydrogen-bond donors (Lipinski definition) is 3. The Kier molecular flexibility index (Phi) is 5.52. The molecule has 0 saturated heterocycles.